The summed E-state index contributed by atoms with van der Waals surface area (Å²) in [5.74, 6) is 0.0742. The van der Waals surface area contributed by atoms with Crippen molar-refractivity contribution in [3.8, 4) is 0 Å². The molecule has 0 aromatic heterocycles. The summed E-state index contributed by atoms with van der Waals surface area (Å²) in [7, 11) is -3.23. The average Bonchev–Trinajstić information content (AvgIpc) is 2.36. The molecule has 0 heterocycles. The molecule has 0 aromatic rings. The zero-order valence-electron chi connectivity index (χ0n) is 12.8. The lowest BCUT2D eigenvalue weighted by Gasteiger charge is -2.03. The van der Waals surface area contributed by atoms with Crippen LogP contribution in [-0.2, 0) is 14.3 Å². The fourth-order valence-electron chi connectivity index (χ4n) is 1.86. The highest BCUT2D eigenvalue weighted by Gasteiger charge is 2.05. The van der Waals surface area contributed by atoms with Gasteiger partial charge >= 0.3 is 0 Å². The molecule has 4 nitrogen and oxygen atoms in total. The minimum Gasteiger partial charge on any atom is -0.344 e. The molecule has 0 aliphatic rings. The van der Waals surface area contributed by atoms with Crippen LogP contribution in [0.2, 0.25) is 0 Å². The second kappa shape index (κ2) is 14.3. The fourth-order valence-corrected chi connectivity index (χ4v) is 2.40. The minimum atomic E-state index is -3.23. The van der Waals surface area contributed by atoms with E-state index in [1.807, 2.05) is 0 Å². The number of hydrogen-bond acceptors (Lipinski definition) is 4. The molecule has 5 heteroatoms. The van der Waals surface area contributed by atoms with Gasteiger partial charge in [0, 0.05) is 0 Å². The smallest absolute Gasteiger partial charge is 0.267 e. The molecule has 0 aliphatic carbocycles. The molecular formula is C14H33NO3S. The van der Waals surface area contributed by atoms with E-state index in [-0.39, 0.29) is 11.9 Å². The summed E-state index contributed by atoms with van der Waals surface area (Å²) in [6.45, 7) is 4.20. The number of hydrogen-bond donors (Lipinski definition) is 1. The molecule has 19 heavy (non-hydrogen) atoms. The highest BCUT2D eigenvalue weighted by molar-refractivity contribution is 7.86. The second-order valence-electron chi connectivity index (χ2n) is 4.85. The molecule has 0 bridgehead atoms. The number of unbranched alkanes of at least 4 members (excludes halogenated alkanes) is 9. The Kier molecular flexibility index (Phi) is 15.9. The zero-order chi connectivity index (χ0) is 13.7. The summed E-state index contributed by atoms with van der Waals surface area (Å²) in [5.41, 5.74) is 0. The van der Waals surface area contributed by atoms with Crippen LogP contribution in [0, 0.1) is 0 Å². The summed E-state index contributed by atoms with van der Waals surface area (Å²) in [5, 5.41) is 0. The summed E-state index contributed by atoms with van der Waals surface area (Å²) < 4.78 is 26.9. The summed E-state index contributed by atoms with van der Waals surface area (Å²) in [6, 6.07) is 0. The third-order valence-corrected chi connectivity index (χ3v) is 4.35. The van der Waals surface area contributed by atoms with Gasteiger partial charge in [-0.1, -0.05) is 64.7 Å². The van der Waals surface area contributed by atoms with E-state index in [1.165, 1.54) is 51.4 Å². The van der Waals surface area contributed by atoms with Crippen molar-refractivity contribution in [3.63, 3.8) is 0 Å². The van der Waals surface area contributed by atoms with Gasteiger partial charge in [-0.3, -0.25) is 4.18 Å². The molecule has 0 atom stereocenters. The van der Waals surface area contributed by atoms with Crippen molar-refractivity contribution < 1.29 is 12.6 Å². The lowest BCUT2D eigenvalue weighted by atomic mass is 10.1. The van der Waals surface area contributed by atoms with Crippen LogP contribution in [0.25, 0.3) is 0 Å². The van der Waals surface area contributed by atoms with Crippen LogP contribution in [0.1, 0.15) is 78.1 Å². The van der Waals surface area contributed by atoms with Gasteiger partial charge in [-0.2, -0.15) is 8.42 Å². The van der Waals surface area contributed by atoms with Crippen molar-refractivity contribution in [2.75, 3.05) is 12.4 Å². The molecule has 0 amide bonds. The third kappa shape index (κ3) is 15.8. The Hall–Kier alpha value is -0.130. The molecule has 0 saturated heterocycles. The highest BCUT2D eigenvalue weighted by Crippen LogP contribution is 2.10. The Labute approximate surface area is 120 Å². The Balaban J connectivity index is 0. The monoisotopic (exact) mass is 295 g/mol. The van der Waals surface area contributed by atoms with Crippen molar-refractivity contribution >= 4 is 10.1 Å². The van der Waals surface area contributed by atoms with Crippen molar-refractivity contribution in [1.82, 2.24) is 6.15 Å². The standard InChI is InChI=1S/C14H30O3S.H3N/c1-3-5-6-7-8-9-10-11-12-13-14-17-18(15,16)4-2;/h3-14H2,1-2H3;1H3. The molecule has 0 fully saturated rings. The van der Waals surface area contributed by atoms with Gasteiger partial charge in [0.15, 0.2) is 0 Å². The van der Waals surface area contributed by atoms with Crippen LogP contribution in [0.5, 0.6) is 0 Å². The Morgan fingerprint density at radius 2 is 1.16 bits per heavy atom. The highest BCUT2D eigenvalue weighted by atomic mass is 32.2. The van der Waals surface area contributed by atoms with Crippen molar-refractivity contribution in [1.29, 1.82) is 0 Å². The first-order valence-corrected chi connectivity index (χ1v) is 9.07. The van der Waals surface area contributed by atoms with E-state index in [9.17, 15) is 8.42 Å². The first-order valence-electron chi connectivity index (χ1n) is 7.49. The maximum absolute atomic E-state index is 11.0. The van der Waals surface area contributed by atoms with Crippen LogP contribution in [0.15, 0.2) is 0 Å². The van der Waals surface area contributed by atoms with Gasteiger partial charge in [0.2, 0.25) is 0 Å². The molecule has 0 unspecified atom stereocenters. The van der Waals surface area contributed by atoms with Gasteiger partial charge < -0.3 is 6.15 Å². The van der Waals surface area contributed by atoms with Crippen molar-refractivity contribution in [2.45, 2.75) is 78.1 Å². The number of rotatable bonds is 13. The molecule has 0 radical (unpaired) electrons. The van der Waals surface area contributed by atoms with E-state index in [0.29, 0.717) is 6.61 Å². The Bertz CT molecular complexity index is 266. The summed E-state index contributed by atoms with van der Waals surface area (Å²) in [6.07, 6.45) is 12.5. The molecule has 0 aromatic carbocycles. The maximum Gasteiger partial charge on any atom is 0.267 e. The molecule has 3 N–H and O–H groups in total. The SMILES string of the molecule is CCCCCCCCCCCCOS(=O)(=O)CC.N. The van der Waals surface area contributed by atoms with Crippen molar-refractivity contribution in [3.05, 3.63) is 0 Å². The van der Waals surface area contributed by atoms with Gasteiger partial charge in [-0.05, 0) is 13.3 Å². The van der Waals surface area contributed by atoms with Gasteiger partial charge in [0.1, 0.15) is 0 Å². The second-order valence-corrected chi connectivity index (χ2v) is 6.78. The van der Waals surface area contributed by atoms with E-state index >= 15 is 0 Å². The van der Waals surface area contributed by atoms with E-state index in [0.717, 1.165) is 12.8 Å². The van der Waals surface area contributed by atoms with Crippen LogP contribution >= 0.6 is 0 Å². The van der Waals surface area contributed by atoms with Crippen LogP contribution < -0.4 is 6.15 Å². The average molecular weight is 295 g/mol. The molecule has 0 spiro atoms. The quantitative estimate of drug-likeness (QED) is 0.402. The third-order valence-electron chi connectivity index (χ3n) is 3.11. The Morgan fingerprint density at radius 1 is 0.737 bits per heavy atom. The lowest BCUT2D eigenvalue weighted by molar-refractivity contribution is 0.307. The largest absolute Gasteiger partial charge is 0.344 e. The normalized spacial score (nSPS) is 11.3. The van der Waals surface area contributed by atoms with Crippen LogP contribution in [0.4, 0.5) is 0 Å². The van der Waals surface area contributed by atoms with E-state index < -0.39 is 10.1 Å². The maximum atomic E-state index is 11.0. The summed E-state index contributed by atoms with van der Waals surface area (Å²) in [4.78, 5) is 0. The molecule has 0 saturated carbocycles. The molecular weight excluding hydrogens is 262 g/mol. The fraction of sp³-hybridized carbons (Fsp3) is 1.00. The topological polar surface area (TPSA) is 78.4 Å². The molecule has 0 rings (SSSR count). The van der Waals surface area contributed by atoms with Crippen molar-refractivity contribution in [2.24, 2.45) is 0 Å². The molecule has 118 valence electrons. The molecule has 0 aliphatic heterocycles. The summed E-state index contributed by atoms with van der Waals surface area (Å²) >= 11 is 0. The first kappa shape index (κ1) is 21.2. The minimum absolute atomic E-state index is 0. The zero-order valence-corrected chi connectivity index (χ0v) is 13.6. The van der Waals surface area contributed by atoms with E-state index in [1.54, 1.807) is 6.92 Å². The first-order chi connectivity index (χ1) is 8.62. The predicted molar refractivity (Wildman–Crippen MR) is 82.3 cm³/mol. The van der Waals surface area contributed by atoms with Crippen LogP contribution in [0.3, 0.4) is 0 Å². The van der Waals surface area contributed by atoms with E-state index in [4.69, 9.17) is 4.18 Å². The van der Waals surface area contributed by atoms with Gasteiger partial charge in [-0.15, -0.1) is 0 Å². The van der Waals surface area contributed by atoms with E-state index in [2.05, 4.69) is 6.92 Å². The van der Waals surface area contributed by atoms with Gasteiger partial charge in [-0.25, -0.2) is 0 Å². The van der Waals surface area contributed by atoms with Gasteiger partial charge in [0.25, 0.3) is 10.1 Å². The Morgan fingerprint density at radius 3 is 1.58 bits per heavy atom. The predicted octanol–water partition coefficient (Wildman–Crippen LogP) is 4.44. The van der Waals surface area contributed by atoms with Gasteiger partial charge in [0.05, 0.1) is 12.4 Å². The lowest BCUT2D eigenvalue weighted by Crippen LogP contribution is -2.09. The van der Waals surface area contributed by atoms with Crippen LogP contribution in [-0.4, -0.2) is 20.8 Å².